The second kappa shape index (κ2) is 4.82. The summed E-state index contributed by atoms with van der Waals surface area (Å²) in [6.45, 7) is 6.09. The quantitative estimate of drug-likeness (QED) is 0.827. The Balaban J connectivity index is 2.78. The highest BCUT2D eigenvalue weighted by molar-refractivity contribution is 5.87. The van der Waals surface area contributed by atoms with Crippen LogP contribution >= 0.6 is 0 Å². The van der Waals surface area contributed by atoms with Crippen LogP contribution in [-0.4, -0.2) is 17.2 Å². The second-order valence-electron chi connectivity index (χ2n) is 3.90. The van der Waals surface area contributed by atoms with Crippen molar-refractivity contribution in [3.8, 4) is 5.75 Å². The number of carboxylic acid groups (broad SMARTS) is 1. The molecular weight excluding hydrogens is 192 g/mol. The van der Waals surface area contributed by atoms with Gasteiger partial charge >= 0.3 is 5.97 Å². The molecule has 1 atom stereocenters. The van der Waals surface area contributed by atoms with Crippen molar-refractivity contribution in [3.05, 3.63) is 29.8 Å². The molecule has 1 N–H and O–H groups in total. The largest absolute Gasteiger partial charge is 0.490 e. The fourth-order valence-electron chi connectivity index (χ4n) is 1.05. The molecular formula is C12H16O3. The van der Waals surface area contributed by atoms with Gasteiger partial charge in [0, 0.05) is 0 Å². The van der Waals surface area contributed by atoms with Crippen molar-refractivity contribution in [1.29, 1.82) is 0 Å². The van der Waals surface area contributed by atoms with E-state index < -0.39 is 5.97 Å². The number of hydrogen-bond acceptors (Lipinski definition) is 2. The summed E-state index contributed by atoms with van der Waals surface area (Å²) < 4.78 is 5.60. The molecule has 0 saturated carbocycles. The summed E-state index contributed by atoms with van der Waals surface area (Å²) in [6.07, 6.45) is 0.0778. The molecule has 82 valence electrons. The zero-order valence-corrected chi connectivity index (χ0v) is 9.23. The van der Waals surface area contributed by atoms with Crippen molar-refractivity contribution in [1.82, 2.24) is 0 Å². The van der Waals surface area contributed by atoms with E-state index in [1.54, 1.807) is 24.3 Å². The van der Waals surface area contributed by atoms with Gasteiger partial charge in [-0.3, -0.25) is 0 Å². The van der Waals surface area contributed by atoms with Crippen LogP contribution in [0.1, 0.15) is 31.1 Å². The first-order valence-corrected chi connectivity index (χ1v) is 5.00. The van der Waals surface area contributed by atoms with E-state index in [4.69, 9.17) is 9.84 Å². The fourth-order valence-corrected chi connectivity index (χ4v) is 1.05. The Morgan fingerprint density at radius 2 is 2.00 bits per heavy atom. The van der Waals surface area contributed by atoms with Crippen molar-refractivity contribution in [2.75, 3.05) is 0 Å². The van der Waals surface area contributed by atoms with Gasteiger partial charge < -0.3 is 9.84 Å². The van der Waals surface area contributed by atoms with E-state index in [9.17, 15) is 4.79 Å². The molecule has 1 rings (SSSR count). The summed E-state index contributed by atoms with van der Waals surface area (Å²) in [5.41, 5.74) is 0.253. The van der Waals surface area contributed by atoms with E-state index >= 15 is 0 Å². The van der Waals surface area contributed by atoms with Gasteiger partial charge in [0.25, 0.3) is 0 Å². The van der Waals surface area contributed by atoms with Crippen LogP contribution in [-0.2, 0) is 0 Å². The molecule has 1 aromatic carbocycles. The maximum atomic E-state index is 10.7. The van der Waals surface area contributed by atoms with Crippen LogP contribution in [0.15, 0.2) is 24.3 Å². The summed E-state index contributed by atoms with van der Waals surface area (Å²) in [4.78, 5) is 10.7. The van der Waals surface area contributed by atoms with Crippen LogP contribution in [0.5, 0.6) is 5.75 Å². The lowest BCUT2D eigenvalue weighted by Gasteiger charge is -2.18. The molecule has 1 unspecified atom stereocenters. The van der Waals surface area contributed by atoms with E-state index in [1.165, 1.54) is 0 Å². The fraction of sp³-hybridized carbons (Fsp3) is 0.417. The Bertz CT molecular complexity index is 344. The molecule has 0 saturated heterocycles. The number of benzene rings is 1. The standard InChI is InChI=1S/C12H16O3/c1-8(2)9(3)15-11-6-4-5-10(7-11)12(13)14/h4-9H,1-3H3,(H,13,14). The molecule has 0 aliphatic rings. The summed E-state index contributed by atoms with van der Waals surface area (Å²) >= 11 is 0. The van der Waals surface area contributed by atoms with Crippen LogP contribution in [0.3, 0.4) is 0 Å². The molecule has 3 nitrogen and oxygen atoms in total. The Morgan fingerprint density at radius 1 is 1.33 bits per heavy atom. The van der Waals surface area contributed by atoms with E-state index in [0.717, 1.165) is 0 Å². The topological polar surface area (TPSA) is 46.5 Å². The predicted molar refractivity (Wildman–Crippen MR) is 58.3 cm³/mol. The molecule has 1 aromatic rings. The third-order valence-electron chi connectivity index (χ3n) is 2.34. The van der Waals surface area contributed by atoms with E-state index in [2.05, 4.69) is 13.8 Å². The maximum absolute atomic E-state index is 10.7. The molecule has 0 fully saturated rings. The number of hydrogen-bond donors (Lipinski definition) is 1. The lowest BCUT2D eigenvalue weighted by atomic mass is 10.1. The third kappa shape index (κ3) is 3.27. The van der Waals surface area contributed by atoms with Crippen molar-refractivity contribution < 1.29 is 14.6 Å². The number of rotatable bonds is 4. The van der Waals surface area contributed by atoms with Crippen molar-refractivity contribution >= 4 is 5.97 Å². The molecule has 0 aliphatic heterocycles. The van der Waals surface area contributed by atoms with Gasteiger partial charge in [0.05, 0.1) is 11.7 Å². The summed E-state index contributed by atoms with van der Waals surface area (Å²) in [6, 6.07) is 6.55. The minimum absolute atomic E-state index is 0.0778. The highest BCUT2D eigenvalue weighted by Gasteiger charge is 2.10. The highest BCUT2D eigenvalue weighted by Crippen LogP contribution is 2.17. The van der Waals surface area contributed by atoms with Gasteiger partial charge in [0.2, 0.25) is 0 Å². The SMILES string of the molecule is CC(C)C(C)Oc1cccc(C(=O)O)c1. The van der Waals surface area contributed by atoms with E-state index in [0.29, 0.717) is 11.7 Å². The number of aromatic carboxylic acids is 1. The molecule has 3 heteroatoms. The zero-order chi connectivity index (χ0) is 11.4. The first-order valence-electron chi connectivity index (χ1n) is 5.00. The monoisotopic (exact) mass is 208 g/mol. The molecule has 15 heavy (non-hydrogen) atoms. The molecule has 0 spiro atoms. The van der Waals surface area contributed by atoms with Crippen molar-refractivity contribution in [2.45, 2.75) is 26.9 Å². The summed E-state index contributed by atoms with van der Waals surface area (Å²) in [5, 5.41) is 8.80. The molecule has 0 aromatic heterocycles. The van der Waals surface area contributed by atoms with Gasteiger partial charge in [-0.25, -0.2) is 4.79 Å². The molecule has 0 amide bonds. The van der Waals surface area contributed by atoms with Crippen LogP contribution in [0.25, 0.3) is 0 Å². The second-order valence-corrected chi connectivity index (χ2v) is 3.90. The zero-order valence-electron chi connectivity index (χ0n) is 9.23. The maximum Gasteiger partial charge on any atom is 0.335 e. The van der Waals surface area contributed by atoms with Gasteiger partial charge in [-0.05, 0) is 31.0 Å². The Labute approximate surface area is 89.7 Å². The molecule has 0 bridgehead atoms. The minimum Gasteiger partial charge on any atom is -0.490 e. The number of ether oxygens (including phenoxy) is 1. The summed E-state index contributed by atoms with van der Waals surface area (Å²) in [7, 11) is 0. The van der Waals surface area contributed by atoms with Gasteiger partial charge in [0.15, 0.2) is 0 Å². The van der Waals surface area contributed by atoms with E-state index in [1.807, 2.05) is 6.92 Å². The first-order chi connectivity index (χ1) is 7.00. The predicted octanol–water partition coefficient (Wildman–Crippen LogP) is 2.81. The Hall–Kier alpha value is -1.51. The van der Waals surface area contributed by atoms with Crippen molar-refractivity contribution in [3.63, 3.8) is 0 Å². The average Bonchev–Trinajstić information content (AvgIpc) is 2.18. The smallest absolute Gasteiger partial charge is 0.335 e. The summed E-state index contributed by atoms with van der Waals surface area (Å²) in [5.74, 6) is 0.0761. The van der Waals surface area contributed by atoms with Gasteiger partial charge in [-0.1, -0.05) is 19.9 Å². The molecule has 0 aliphatic carbocycles. The Kier molecular flexibility index (Phi) is 3.72. The van der Waals surface area contributed by atoms with Gasteiger partial charge in [-0.15, -0.1) is 0 Å². The highest BCUT2D eigenvalue weighted by atomic mass is 16.5. The third-order valence-corrected chi connectivity index (χ3v) is 2.34. The normalized spacial score (nSPS) is 12.5. The first kappa shape index (κ1) is 11.6. The number of carboxylic acids is 1. The molecule has 0 radical (unpaired) electrons. The number of carbonyl (C=O) groups is 1. The van der Waals surface area contributed by atoms with Crippen molar-refractivity contribution in [2.24, 2.45) is 5.92 Å². The molecule has 0 heterocycles. The van der Waals surface area contributed by atoms with Crippen LogP contribution in [0.2, 0.25) is 0 Å². The van der Waals surface area contributed by atoms with Crippen LogP contribution < -0.4 is 4.74 Å². The van der Waals surface area contributed by atoms with E-state index in [-0.39, 0.29) is 11.7 Å². The van der Waals surface area contributed by atoms with Gasteiger partial charge in [-0.2, -0.15) is 0 Å². The minimum atomic E-state index is -0.933. The van der Waals surface area contributed by atoms with Crippen LogP contribution in [0.4, 0.5) is 0 Å². The average molecular weight is 208 g/mol. The Morgan fingerprint density at radius 3 is 2.53 bits per heavy atom. The lowest BCUT2D eigenvalue weighted by molar-refractivity contribution is 0.0696. The van der Waals surface area contributed by atoms with Gasteiger partial charge in [0.1, 0.15) is 5.75 Å². The van der Waals surface area contributed by atoms with Crippen LogP contribution in [0, 0.1) is 5.92 Å². The lowest BCUT2D eigenvalue weighted by Crippen LogP contribution is -2.18.